The first-order valence-corrected chi connectivity index (χ1v) is 2.76. The summed E-state index contributed by atoms with van der Waals surface area (Å²) in [7, 11) is 0. The summed E-state index contributed by atoms with van der Waals surface area (Å²) in [4.78, 5) is 11.3. The second kappa shape index (κ2) is 4.68. The van der Waals surface area contributed by atoms with Crippen molar-refractivity contribution in [2.45, 2.75) is 12.8 Å². The van der Waals surface area contributed by atoms with Crippen molar-refractivity contribution in [3.8, 4) is 0 Å². The summed E-state index contributed by atoms with van der Waals surface area (Å²) in [6, 6.07) is 0. The topological polar surface area (TPSA) is 43.4 Å². The van der Waals surface area contributed by atoms with E-state index in [1.165, 1.54) is 4.90 Å². The van der Waals surface area contributed by atoms with Crippen LogP contribution in [-0.4, -0.2) is 24.1 Å². The van der Waals surface area contributed by atoms with Gasteiger partial charge in [0.25, 0.3) is 0 Å². The van der Waals surface area contributed by atoms with Gasteiger partial charge in [-0.2, -0.15) is 0 Å². The van der Waals surface area contributed by atoms with Crippen molar-refractivity contribution < 1.29 is 61.3 Å². The van der Waals surface area contributed by atoms with Gasteiger partial charge in [0.2, 0.25) is 0 Å². The Labute approximate surface area is 96.8 Å². The second-order valence-corrected chi connectivity index (χ2v) is 1.96. The van der Waals surface area contributed by atoms with Gasteiger partial charge in [-0.15, -0.1) is 0 Å². The van der Waals surface area contributed by atoms with E-state index in [2.05, 4.69) is 0 Å². The molecular formula is C5H8KNO2. The second-order valence-electron chi connectivity index (χ2n) is 1.96. The number of carbonyl (C=O) groups excluding carboxylic acids is 1. The van der Waals surface area contributed by atoms with Crippen LogP contribution in [0.4, 0.5) is 4.79 Å². The molecule has 4 heteroatoms. The van der Waals surface area contributed by atoms with Crippen LogP contribution in [0.5, 0.6) is 0 Å². The summed E-state index contributed by atoms with van der Waals surface area (Å²) in [5.74, 6) is 0. The number of carboxylic acid groups (broad SMARTS) is 1. The molecule has 0 radical (unpaired) electrons. The van der Waals surface area contributed by atoms with Gasteiger partial charge in [-0.05, 0) is 12.8 Å². The molecule has 0 aromatic rings. The maximum absolute atomic E-state index is 10.0. The molecule has 1 saturated heterocycles. The average molecular weight is 153 g/mol. The summed E-state index contributed by atoms with van der Waals surface area (Å²) in [5.41, 5.74) is 0. The minimum absolute atomic E-state index is 0. The van der Waals surface area contributed by atoms with Crippen LogP contribution in [0.3, 0.4) is 0 Å². The molecule has 46 valence electrons. The van der Waals surface area contributed by atoms with E-state index in [0.29, 0.717) is 13.1 Å². The monoisotopic (exact) mass is 153 g/mol. The van der Waals surface area contributed by atoms with Gasteiger partial charge in [-0.1, -0.05) is 0 Å². The minimum atomic E-state index is -1.03. The fraction of sp³-hybridized carbons (Fsp3) is 0.800. The Hall–Kier alpha value is 0.906. The molecule has 0 atom stereocenters. The number of hydrogen-bond acceptors (Lipinski definition) is 2. The molecule has 1 aliphatic rings. The van der Waals surface area contributed by atoms with Gasteiger partial charge in [0.05, 0.1) is 0 Å². The molecule has 0 spiro atoms. The van der Waals surface area contributed by atoms with Gasteiger partial charge < -0.3 is 14.8 Å². The molecule has 3 nitrogen and oxygen atoms in total. The standard InChI is InChI=1S/C5H9NO2.K/c7-5(8)6-3-1-2-4-6;/h1-4H2,(H,7,8);/q;+1/p-1. The molecule has 0 N–H and O–H groups in total. The zero-order valence-electron chi connectivity index (χ0n) is 5.59. The van der Waals surface area contributed by atoms with Crippen molar-refractivity contribution in [2.75, 3.05) is 13.1 Å². The van der Waals surface area contributed by atoms with Gasteiger partial charge in [0, 0.05) is 13.1 Å². The summed E-state index contributed by atoms with van der Waals surface area (Å²) < 4.78 is 0. The molecule has 1 rings (SSSR count). The molecule has 1 aliphatic heterocycles. The van der Waals surface area contributed by atoms with E-state index in [0.717, 1.165) is 12.8 Å². The van der Waals surface area contributed by atoms with Crippen LogP contribution in [0.15, 0.2) is 0 Å². The number of amides is 1. The summed E-state index contributed by atoms with van der Waals surface area (Å²) in [5, 5.41) is 10.0. The summed E-state index contributed by atoms with van der Waals surface area (Å²) in [6.07, 6.45) is 0.963. The van der Waals surface area contributed by atoms with E-state index in [1.54, 1.807) is 0 Å². The van der Waals surface area contributed by atoms with Crippen molar-refractivity contribution in [1.29, 1.82) is 0 Å². The maximum atomic E-state index is 10.0. The van der Waals surface area contributed by atoms with Gasteiger partial charge in [0.1, 0.15) is 6.09 Å². The Kier molecular flexibility index (Phi) is 5.15. The van der Waals surface area contributed by atoms with Gasteiger partial charge in [0.15, 0.2) is 0 Å². The van der Waals surface area contributed by atoms with Crippen molar-refractivity contribution in [1.82, 2.24) is 4.90 Å². The van der Waals surface area contributed by atoms with E-state index in [-0.39, 0.29) is 51.4 Å². The summed E-state index contributed by atoms with van der Waals surface area (Å²) in [6.45, 7) is 1.34. The number of nitrogens with zero attached hydrogens (tertiary/aromatic N) is 1. The minimum Gasteiger partial charge on any atom is -0.530 e. The molecule has 9 heavy (non-hydrogen) atoms. The van der Waals surface area contributed by atoms with Crippen molar-refractivity contribution in [2.24, 2.45) is 0 Å². The normalized spacial score (nSPS) is 17.1. The SMILES string of the molecule is O=C([O-])N1CCCC1.[K+]. The van der Waals surface area contributed by atoms with Crippen LogP contribution < -0.4 is 56.5 Å². The van der Waals surface area contributed by atoms with Gasteiger partial charge >= 0.3 is 51.4 Å². The Morgan fingerprint density at radius 1 is 1.33 bits per heavy atom. The average Bonchev–Trinajstić information content (AvgIpc) is 2.12. The first kappa shape index (κ1) is 9.91. The Bertz CT molecular complexity index is 101. The molecule has 0 unspecified atom stereocenters. The van der Waals surface area contributed by atoms with Crippen LogP contribution in [0, 0.1) is 0 Å². The maximum Gasteiger partial charge on any atom is 1.00 e. The molecule has 1 fully saturated rings. The number of likely N-dealkylation sites (tertiary alicyclic amines) is 1. The van der Waals surface area contributed by atoms with Gasteiger partial charge in [-0.3, -0.25) is 0 Å². The van der Waals surface area contributed by atoms with Crippen molar-refractivity contribution in [3.63, 3.8) is 0 Å². The molecule has 0 aromatic carbocycles. The van der Waals surface area contributed by atoms with E-state index < -0.39 is 6.09 Å². The van der Waals surface area contributed by atoms with Gasteiger partial charge in [-0.25, -0.2) is 0 Å². The molecule has 1 heterocycles. The Balaban J connectivity index is 0.000000640. The molecule has 0 aromatic heterocycles. The molecule has 1 amide bonds. The number of hydrogen-bond donors (Lipinski definition) is 0. The van der Waals surface area contributed by atoms with Crippen molar-refractivity contribution in [3.05, 3.63) is 0 Å². The largest absolute Gasteiger partial charge is 1.00 e. The smallest absolute Gasteiger partial charge is 0.530 e. The van der Waals surface area contributed by atoms with E-state index in [1.807, 2.05) is 0 Å². The number of carbonyl (C=O) groups is 1. The number of rotatable bonds is 0. The quantitative estimate of drug-likeness (QED) is 0.338. The van der Waals surface area contributed by atoms with Crippen LogP contribution in [0.1, 0.15) is 12.8 Å². The van der Waals surface area contributed by atoms with Crippen LogP contribution in [-0.2, 0) is 0 Å². The Morgan fingerprint density at radius 3 is 2.00 bits per heavy atom. The van der Waals surface area contributed by atoms with Crippen LogP contribution in [0.2, 0.25) is 0 Å². The Morgan fingerprint density at radius 2 is 1.78 bits per heavy atom. The molecule has 0 aliphatic carbocycles. The third-order valence-electron chi connectivity index (χ3n) is 1.36. The van der Waals surface area contributed by atoms with E-state index in [4.69, 9.17) is 0 Å². The molecule has 0 bridgehead atoms. The van der Waals surface area contributed by atoms with E-state index >= 15 is 0 Å². The first-order valence-electron chi connectivity index (χ1n) is 2.76. The molecular weight excluding hydrogens is 145 g/mol. The van der Waals surface area contributed by atoms with Crippen LogP contribution in [0.25, 0.3) is 0 Å². The third-order valence-corrected chi connectivity index (χ3v) is 1.36. The zero-order valence-corrected chi connectivity index (χ0v) is 8.72. The predicted molar refractivity (Wildman–Crippen MR) is 26.2 cm³/mol. The van der Waals surface area contributed by atoms with Crippen molar-refractivity contribution >= 4 is 6.09 Å². The first-order chi connectivity index (χ1) is 3.80. The summed E-state index contributed by atoms with van der Waals surface area (Å²) >= 11 is 0. The fourth-order valence-corrected chi connectivity index (χ4v) is 0.900. The zero-order chi connectivity index (χ0) is 5.98. The van der Waals surface area contributed by atoms with E-state index in [9.17, 15) is 9.90 Å². The molecule has 0 saturated carbocycles. The predicted octanol–water partition coefficient (Wildman–Crippen LogP) is -3.57. The third kappa shape index (κ3) is 3.00. The fourth-order valence-electron chi connectivity index (χ4n) is 0.900. The van der Waals surface area contributed by atoms with Crippen LogP contribution >= 0.6 is 0 Å².